The van der Waals surface area contributed by atoms with Gasteiger partial charge >= 0.3 is 0 Å². The molecule has 0 spiro atoms. The average Bonchev–Trinajstić information content (AvgIpc) is 2.26. The third-order valence-corrected chi connectivity index (χ3v) is 2.87. The molecule has 0 aliphatic heterocycles. The molecule has 0 aromatic heterocycles. The van der Waals surface area contributed by atoms with E-state index >= 15 is 0 Å². The van der Waals surface area contributed by atoms with E-state index in [1.807, 2.05) is 25.1 Å². The SMILES string of the molecule is CNC(=O)CC(CN)Nc1cc(C)cc(Br)c1. The van der Waals surface area contributed by atoms with E-state index in [9.17, 15) is 4.79 Å². The molecule has 0 heterocycles. The van der Waals surface area contributed by atoms with Gasteiger partial charge in [-0.3, -0.25) is 4.79 Å². The maximum absolute atomic E-state index is 11.3. The number of nitrogens with two attached hydrogens (primary N) is 1. The molecule has 0 aliphatic carbocycles. The van der Waals surface area contributed by atoms with Crippen molar-refractivity contribution in [2.24, 2.45) is 5.73 Å². The zero-order valence-electron chi connectivity index (χ0n) is 10.1. The monoisotopic (exact) mass is 299 g/mol. The zero-order valence-corrected chi connectivity index (χ0v) is 11.7. The van der Waals surface area contributed by atoms with Gasteiger partial charge in [0.1, 0.15) is 0 Å². The maximum Gasteiger partial charge on any atom is 0.221 e. The van der Waals surface area contributed by atoms with Crippen LogP contribution < -0.4 is 16.4 Å². The molecule has 4 N–H and O–H groups in total. The summed E-state index contributed by atoms with van der Waals surface area (Å²) >= 11 is 3.44. The summed E-state index contributed by atoms with van der Waals surface area (Å²) < 4.78 is 1.01. The molecule has 0 radical (unpaired) electrons. The third-order valence-electron chi connectivity index (χ3n) is 2.41. The number of anilines is 1. The van der Waals surface area contributed by atoms with Crippen LogP contribution in [0.5, 0.6) is 0 Å². The Hall–Kier alpha value is -1.07. The molecule has 1 unspecified atom stereocenters. The first-order valence-corrected chi connectivity index (χ1v) is 6.29. The van der Waals surface area contributed by atoms with E-state index < -0.39 is 0 Å². The van der Waals surface area contributed by atoms with E-state index in [1.165, 1.54) is 0 Å². The summed E-state index contributed by atoms with van der Waals surface area (Å²) in [5.41, 5.74) is 7.76. The quantitative estimate of drug-likeness (QED) is 0.774. The highest BCUT2D eigenvalue weighted by Gasteiger charge is 2.11. The van der Waals surface area contributed by atoms with Gasteiger partial charge in [-0.25, -0.2) is 0 Å². The molecule has 17 heavy (non-hydrogen) atoms. The molecule has 1 aromatic rings. The average molecular weight is 300 g/mol. The minimum Gasteiger partial charge on any atom is -0.380 e. The molecule has 94 valence electrons. The minimum atomic E-state index is -0.0522. The molecule has 1 aromatic carbocycles. The molecule has 1 amide bonds. The molecule has 1 atom stereocenters. The summed E-state index contributed by atoms with van der Waals surface area (Å²) in [5, 5.41) is 5.85. The topological polar surface area (TPSA) is 67.2 Å². The highest BCUT2D eigenvalue weighted by Crippen LogP contribution is 2.20. The van der Waals surface area contributed by atoms with Crippen LogP contribution in [-0.4, -0.2) is 25.5 Å². The van der Waals surface area contributed by atoms with E-state index in [0.717, 1.165) is 15.7 Å². The molecule has 0 bridgehead atoms. The van der Waals surface area contributed by atoms with Crippen LogP contribution >= 0.6 is 15.9 Å². The largest absolute Gasteiger partial charge is 0.380 e. The fourth-order valence-electron chi connectivity index (χ4n) is 1.57. The number of carbonyl (C=O) groups excluding carboxylic acids is 1. The van der Waals surface area contributed by atoms with Crippen LogP contribution in [0.15, 0.2) is 22.7 Å². The first-order chi connectivity index (χ1) is 8.05. The van der Waals surface area contributed by atoms with E-state index in [2.05, 4.69) is 26.6 Å². The van der Waals surface area contributed by atoms with Gasteiger partial charge in [0.25, 0.3) is 0 Å². The van der Waals surface area contributed by atoms with Gasteiger partial charge in [0.15, 0.2) is 0 Å². The summed E-state index contributed by atoms with van der Waals surface area (Å²) in [6, 6.07) is 5.97. The van der Waals surface area contributed by atoms with Gasteiger partial charge in [-0.05, 0) is 30.7 Å². The van der Waals surface area contributed by atoms with Crippen LogP contribution in [0.3, 0.4) is 0 Å². The number of carbonyl (C=O) groups is 1. The van der Waals surface area contributed by atoms with Gasteiger partial charge in [0.2, 0.25) is 5.91 Å². The van der Waals surface area contributed by atoms with Gasteiger partial charge < -0.3 is 16.4 Å². The molecular formula is C12H18BrN3O. The Morgan fingerprint density at radius 2 is 2.18 bits per heavy atom. The van der Waals surface area contributed by atoms with Crippen LogP contribution in [0.1, 0.15) is 12.0 Å². The number of hydrogen-bond donors (Lipinski definition) is 3. The second-order valence-corrected chi connectivity index (χ2v) is 4.89. The van der Waals surface area contributed by atoms with Crippen molar-refractivity contribution in [3.05, 3.63) is 28.2 Å². The highest BCUT2D eigenvalue weighted by molar-refractivity contribution is 9.10. The predicted molar refractivity (Wildman–Crippen MR) is 74.0 cm³/mol. The van der Waals surface area contributed by atoms with Crippen molar-refractivity contribution in [2.45, 2.75) is 19.4 Å². The van der Waals surface area contributed by atoms with Crippen LogP contribution in [0.25, 0.3) is 0 Å². The van der Waals surface area contributed by atoms with Gasteiger partial charge in [-0.1, -0.05) is 15.9 Å². The minimum absolute atomic E-state index is 0.0142. The van der Waals surface area contributed by atoms with E-state index in [4.69, 9.17) is 5.73 Å². The summed E-state index contributed by atoms with van der Waals surface area (Å²) in [7, 11) is 1.62. The van der Waals surface area contributed by atoms with Crippen molar-refractivity contribution in [2.75, 3.05) is 18.9 Å². The number of rotatable bonds is 5. The molecule has 5 heteroatoms. The summed E-state index contributed by atoms with van der Waals surface area (Å²) in [6.45, 7) is 2.44. The lowest BCUT2D eigenvalue weighted by atomic mass is 10.1. The van der Waals surface area contributed by atoms with Crippen LogP contribution in [-0.2, 0) is 4.79 Å². The Kier molecular flexibility index (Phi) is 5.44. The molecule has 0 saturated carbocycles. The van der Waals surface area contributed by atoms with Gasteiger partial charge in [-0.15, -0.1) is 0 Å². The Balaban J connectivity index is 2.70. The van der Waals surface area contributed by atoms with Crippen molar-refractivity contribution >= 4 is 27.5 Å². The lowest BCUT2D eigenvalue weighted by Gasteiger charge is -2.18. The number of amides is 1. The fraction of sp³-hybridized carbons (Fsp3) is 0.417. The highest BCUT2D eigenvalue weighted by atomic mass is 79.9. The molecule has 0 fully saturated rings. The number of aryl methyl sites for hydroxylation is 1. The molecule has 4 nitrogen and oxygen atoms in total. The Morgan fingerprint density at radius 3 is 2.71 bits per heavy atom. The van der Waals surface area contributed by atoms with E-state index in [1.54, 1.807) is 7.05 Å². The zero-order chi connectivity index (χ0) is 12.8. The van der Waals surface area contributed by atoms with Crippen molar-refractivity contribution in [3.63, 3.8) is 0 Å². The summed E-state index contributed by atoms with van der Waals surface area (Å²) in [6.07, 6.45) is 0.374. The summed E-state index contributed by atoms with van der Waals surface area (Å²) in [4.78, 5) is 11.3. The Labute approximate surface area is 110 Å². The fourth-order valence-corrected chi connectivity index (χ4v) is 2.18. The van der Waals surface area contributed by atoms with E-state index in [0.29, 0.717) is 13.0 Å². The van der Waals surface area contributed by atoms with Gasteiger partial charge in [0.05, 0.1) is 0 Å². The van der Waals surface area contributed by atoms with Crippen molar-refractivity contribution in [1.29, 1.82) is 0 Å². The third kappa shape index (κ3) is 4.75. The standard InChI is InChI=1S/C12H18BrN3O/c1-8-3-9(13)5-10(4-8)16-11(7-14)6-12(17)15-2/h3-5,11,16H,6-7,14H2,1-2H3,(H,15,17). The predicted octanol–water partition coefficient (Wildman–Crippen LogP) is 1.63. The van der Waals surface area contributed by atoms with Gasteiger partial charge in [-0.2, -0.15) is 0 Å². The Morgan fingerprint density at radius 1 is 1.47 bits per heavy atom. The normalized spacial score (nSPS) is 12.0. The number of nitrogens with one attached hydrogen (secondary N) is 2. The number of benzene rings is 1. The van der Waals surface area contributed by atoms with Crippen LogP contribution in [0.2, 0.25) is 0 Å². The molecule has 1 rings (SSSR count). The number of hydrogen-bond acceptors (Lipinski definition) is 3. The maximum atomic E-state index is 11.3. The lowest BCUT2D eigenvalue weighted by molar-refractivity contribution is -0.120. The first kappa shape index (κ1) is 14.0. The Bertz CT molecular complexity index is 375. The first-order valence-electron chi connectivity index (χ1n) is 5.49. The van der Waals surface area contributed by atoms with Gasteiger partial charge in [0, 0.05) is 36.2 Å². The molecule has 0 saturated heterocycles. The van der Waals surface area contributed by atoms with Crippen molar-refractivity contribution < 1.29 is 4.79 Å². The smallest absolute Gasteiger partial charge is 0.221 e. The second-order valence-electron chi connectivity index (χ2n) is 3.97. The number of halogens is 1. The lowest BCUT2D eigenvalue weighted by Crippen LogP contribution is -2.34. The van der Waals surface area contributed by atoms with Crippen molar-refractivity contribution in [3.8, 4) is 0 Å². The molecule has 0 aliphatic rings. The van der Waals surface area contributed by atoms with Crippen LogP contribution in [0.4, 0.5) is 5.69 Å². The summed E-state index contributed by atoms with van der Waals surface area (Å²) in [5.74, 6) is -0.0142. The molecular weight excluding hydrogens is 282 g/mol. The second kappa shape index (κ2) is 6.61. The van der Waals surface area contributed by atoms with E-state index in [-0.39, 0.29) is 11.9 Å². The van der Waals surface area contributed by atoms with Crippen molar-refractivity contribution in [1.82, 2.24) is 5.32 Å². The van der Waals surface area contributed by atoms with Crippen LogP contribution in [0, 0.1) is 6.92 Å².